The van der Waals surface area contributed by atoms with Gasteiger partial charge in [-0.3, -0.25) is 9.13 Å². The Morgan fingerprint density at radius 3 is 1.85 bits per heavy atom. The molecule has 0 bridgehead atoms. The third-order valence-corrected chi connectivity index (χ3v) is 8.96. The molecule has 0 aliphatic rings. The van der Waals surface area contributed by atoms with Crippen molar-refractivity contribution < 1.29 is 0 Å². The van der Waals surface area contributed by atoms with Crippen LogP contribution in [0.3, 0.4) is 0 Å². The smallest absolute Gasteiger partial charge is 0.238 e. The van der Waals surface area contributed by atoms with E-state index in [2.05, 4.69) is 75.9 Å². The zero-order chi connectivity index (χ0) is 30.2. The fourth-order valence-electron chi connectivity index (χ4n) is 7.04. The number of benzene rings is 6. The fourth-order valence-corrected chi connectivity index (χ4v) is 7.04. The molecule has 10 rings (SSSR count). The molecule has 6 aromatic carbocycles. The standard InChI is InChI=1S/C40H24N6/c1-3-12-26(13-4-1)38-42-39(27-14-5-2-6-15-27)44-40(43-38)46-31-19-11-16-25-21-22-28-24-32-36(37(46)35(28)34(25)31)29-17-7-8-18-30(29)45(32)33-20-9-10-23-41-33/h1-24H. The maximum atomic E-state index is 5.20. The van der Waals surface area contributed by atoms with Crippen molar-refractivity contribution in [2.24, 2.45) is 0 Å². The molecular weight excluding hydrogens is 564 g/mol. The Hall–Kier alpha value is -6.40. The van der Waals surface area contributed by atoms with Gasteiger partial charge in [0.15, 0.2) is 11.6 Å². The molecule has 0 radical (unpaired) electrons. The maximum Gasteiger partial charge on any atom is 0.238 e. The Bertz CT molecular complexity index is 2670. The first-order chi connectivity index (χ1) is 22.8. The van der Waals surface area contributed by atoms with E-state index in [1.54, 1.807) is 0 Å². The van der Waals surface area contributed by atoms with Gasteiger partial charge in [-0.1, -0.05) is 109 Å². The van der Waals surface area contributed by atoms with Crippen molar-refractivity contribution in [1.29, 1.82) is 0 Å². The van der Waals surface area contributed by atoms with E-state index in [-0.39, 0.29) is 0 Å². The molecule has 4 aromatic heterocycles. The number of nitrogens with zero attached hydrogens (tertiary/aromatic N) is 6. The second-order valence-corrected chi connectivity index (χ2v) is 11.5. The van der Waals surface area contributed by atoms with Gasteiger partial charge in [0.1, 0.15) is 5.82 Å². The van der Waals surface area contributed by atoms with Crippen LogP contribution < -0.4 is 0 Å². The molecular formula is C40H24N6. The van der Waals surface area contributed by atoms with Gasteiger partial charge in [-0.25, -0.2) is 9.97 Å². The first-order valence-corrected chi connectivity index (χ1v) is 15.3. The highest BCUT2D eigenvalue weighted by atomic mass is 15.2. The van der Waals surface area contributed by atoms with Crippen molar-refractivity contribution in [2.75, 3.05) is 0 Å². The van der Waals surface area contributed by atoms with Gasteiger partial charge in [0, 0.05) is 38.9 Å². The van der Waals surface area contributed by atoms with Crippen LogP contribution in [0.5, 0.6) is 0 Å². The van der Waals surface area contributed by atoms with Gasteiger partial charge in [-0.2, -0.15) is 9.97 Å². The van der Waals surface area contributed by atoms with E-state index in [1.165, 1.54) is 16.2 Å². The summed E-state index contributed by atoms with van der Waals surface area (Å²) in [4.78, 5) is 20.2. The highest BCUT2D eigenvalue weighted by Gasteiger charge is 2.25. The summed E-state index contributed by atoms with van der Waals surface area (Å²) in [6, 6.07) is 48.2. The number of hydrogen-bond acceptors (Lipinski definition) is 4. The molecule has 0 spiro atoms. The molecule has 4 heterocycles. The number of hydrogen-bond donors (Lipinski definition) is 0. The van der Waals surface area contributed by atoms with Crippen LogP contribution in [0.15, 0.2) is 146 Å². The highest BCUT2D eigenvalue weighted by molar-refractivity contribution is 6.33. The van der Waals surface area contributed by atoms with Gasteiger partial charge < -0.3 is 0 Å². The van der Waals surface area contributed by atoms with Crippen molar-refractivity contribution in [3.05, 3.63) is 146 Å². The van der Waals surface area contributed by atoms with Gasteiger partial charge in [-0.05, 0) is 41.1 Å². The predicted molar refractivity (Wildman–Crippen MR) is 186 cm³/mol. The summed E-state index contributed by atoms with van der Waals surface area (Å²) in [5.74, 6) is 2.72. The van der Waals surface area contributed by atoms with Crippen molar-refractivity contribution in [2.45, 2.75) is 0 Å². The lowest BCUT2D eigenvalue weighted by molar-refractivity contribution is 0.955. The SMILES string of the molecule is c1ccc(-c2nc(-c3ccccc3)nc(-n3c4cccc5ccc6cc7c(c8ccccc8n7-c7ccccn7)c3c6c54)n2)cc1. The lowest BCUT2D eigenvalue weighted by atomic mass is 10.00. The van der Waals surface area contributed by atoms with Crippen LogP contribution in [0.4, 0.5) is 0 Å². The van der Waals surface area contributed by atoms with E-state index in [0.717, 1.165) is 55.2 Å². The highest BCUT2D eigenvalue weighted by Crippen LogP contribution is 2.45. The molecule has 0 aliphatic carbocycles. The third-order valence-electron chi connectivity index (χ3n) is 8.96. The monoisotopic (exact) mass is 588 g/mol. The number of fused-ring (bicyclic) bond motifs is 4. The molecule has 0 aliphatic heterocycles. The quantitative estimate of drug-likeness (QED) is 0.192. The number of pyridine rings is 1. The summed E-state index contributed by atoms with van der Waals surface area (Å²) in [5.41, 5.74) is 6.20. The van der Waals surface area contributed by atoms with E-state index in [1.807, 2.05) is 79.0 Å². The third kappa shape index (κ3) is 3.52. The van der Waals surface area contributed by atoms with E-state index in [0.29, 0.717) is 17.6 Å². The molecule has 46 heavy (non-hydrogen) atoms. The average molecular weight is 589 g/mol. The zero-order valence-electron chi connectivity index (χ0n) is 24.5. The van der Waals surface area contributed by atoms with Crippen molar-refractivity contribution >= 4 is 54.4 Å². The Morgan fingerprint density at radius 2 is 1.11 bits per heavy atom. The van der Waals surface area contributed by atoms with Crippen LogP contribution in [0.25, 0.3) is 88.9 Å². The molecule has 0 N–H and O–H groups in total. The second kappa shape index (κ2) is 9.55. The molecule has 0 amide bonds. The minimum absolute atomic E-state index is 0.583. The van der Waals surface area contributed by atoms with Crippen molar-refractivity contribution in [3.8, 4) is 34.5 Å². The lowest BCUT2D eigenvalue weighted by Crippen LogP contribution is -2.06. The number of aromatic nitrogens is 6. The van der Waals surface area contributed by atoms with E-state index in [9.17, 15) is 0 Å². The first-order valence-electron chi connectivity index (χ1n) is 15.3. The maximum absolute atomic E-state index is 5.20. The Balaban J connectivity index is 1.42. The van der Waals surface area contributed by atoms with Crippen LogP contribution in [-0.2, 0) is 0 Å². The van der Waals surface area contributed by atoms with Crippen LogP contribution in [0.2, 0.25) is 0 Å². The summed E-state index contributed by atoms with van der Waals surface area (Å²) in [6.45, 7) is 0. The minimum atomic E-state index is 0.583. The van der Waals surface area contributed by atoms with Gasteiger partial charge in [0.05, 0.1) is 22.1 Å². The van der Waals surface area contributed by atoms with Gasteiger partial charge in [0.25, 0.3) is 0 Å². The van der Waals surface area contributed by atoms with Crippen LogP contribution in [0, 0.1) is 0 Å². The molecule has 0 saturated carbocycles. The molecule has 214 valence electrons. The van der Waals surface area contributed by atoms with Crippen molar-refractivity contribution in [3.63, 3.8) is 0 Å². The average Bonchev–Trinajstić information content (AvgIpc) is 3.65. The number of rotatable bonds is 4. The normalized spacial score (nSPS) is 11.9. The summed E-state index contributed by atoms with van der Waals surface area (Å²) in [7, 11) is 0. The van der Waals surface area contributed by atoms with Crippen LogP contribution >= 0.6 is 0 Å². The predicted octanol–water partition coefficient (Wildman–Crippen LogP) is 9.39. The van der Waals surface area contributed by atoms with Crippen LogP contribution in [-0.4, -0.2) is 29.1 Å². The molecule has 0 atom stereocenters. The summed E-state index contributed by atoms with van der Waals surface area (Å²) in [5, 5.41) is 7.03. The molecule has 0 unspecified atom stereocenters. The Morgan fingerprint density at radius 1 is 0.435 bits per heavy atom. The summed E-state index contributed by atoms with van der Waals surface area (Å²) in [6.07, 6.45) is 1.85. The van der Waals surface area contributed by atoms with E-state index >= 15 is 0 Å². The van der Waals surface area contributed by atoms with Crippen LogP contribution in [0.1, 0.15) is 0 Å². The summed E-state index contributed by atoms with van der Waals surface area (Å²) < 4.78 is 4.52. The van der Waals surface area contributed by atoms with Gasteiger partial charge >= 0.3 is 0 Å². The lowest BCUT2D eigenvalue weighted by Gasteiger charge is -2.12. The number of para-hydroxylation sites is 1. The van der Waals surface area contributed by atoms with E-state index in [4.69, 9.17) is 19.9 Å². The molecule has 0 saturated heterocycles. The summed E-state index contributed by atoms with van der Waals surface area (Å²) >= 11 is 0. The Labute approximate surface area is 263 Å². The fraction of sp³-hybridized carbons (Fsp3) is 0. The zero-order valence-corrected chi connectivity index (χ0v) is 24.5. The molecule has 6 nitrogen and oxygen atoms in total. The van der Waals surface area contributed by atoms with E-state index < -0.39 is 0 Å². The largest absolute Gasteiger partial charge is 0.294 e. The van der Waals surface area contributed by atoms with Crippen molar-refractivity contribution in [1.82, 2.24) is 29.1 Å². The molecule has 10 aromatic rings. The topological polar surface area (TPSA) is 61.4 Å². The first kappa shape index (κ1) is 25.0. The van der Waals surface area contributed by atoms with Gasteiger partial charge in [-0.15, -0.1) is 0 Å². The second-order valence-electron chi connectivity index (χ2n) is 11.5. The molecule has 6 heteroatoms. The molecule has 0 fully saturated rings. The Kier molecular flexibility index (Phi) is 5.19. The minimum Gasteiger partial charge on any atom is -0.294 e. The van der Waals surface area contributed by atoms with Gasteiger partial charge in [0.2, 0.25) is 5.95 Å².